The van der Waals surface area contributed by atoms with Crippen LogP contribution in [0.25, 0.3) is 11.6 Å². The molecule has 80 valence electrons. The van der Waals surface area contributed by atoms with Gasteiger partial charge < -0.3 is 4.55 Å². The van der Waals surface area contributed by atoms with Gasteiger partial charge in [-0.05, 0) is 36.1 Å². The Morgan fingerprint density at radius 1 is 1.12 bits per heavy atom. The van der Waals surface area contributed by atoms with Crippen molar-refractivity contribution in [2.24, 2.45) is 0 Å². The van der Waals surface area contributed by atoms with E-state index in [9.17, 15) is 4.55 Å². The molecule has 0 saturated heterocycles. The summed E-state index contributed by atoms with van der Waals surface area (Å²) in [6.07, 6.45) is 8.14. The maximum absolute atomic E-state index is 12.0. The summed E-state index contributed by atoms with van der Waals surface area (Å²) in [4.78, 5) is 0.979. The molecule has 0 saturated carbocycles. The van der Waals surface area contributed by atoms with Crippen LogP contribution < -0.4 is 0 Å². The Balaban J connectivity index is 2.26. The first kappa shape index (κ1) is 9.94. The maximum atomic E-state index is 12.0. The number of hydrogen-bond acceptors (Lipinski definition) is 1. The molecule has 1 aromatic carbocycles. The van der Waals surface area contributed by atoms with Crippen LogP contribution in [0, 0.1) is 0 Å². The summed E-state index contributed by atoms with van der Waals surface area (Å²) < 4.78 is 12.0. The Morgan fingerprint density at radius 3 is 2.94 bits per heavy atom. The molecule has 0 amide bonds. The van der Waals surface area contributed by atoms with Gasteiger partial charge in [-0.2, -0.15) is 0 Å². The number of benzene rings is 1. The molecule has 1 atom stereocenters. The Labute approximate surface area is 98.4 Å². The first-order valence-corrected chi connectivity index (χ1v) is 6.65. The second kappa shape index (κ2) is 3.96. The lowest BCUT2D eigenvalue weighted by atomic mass is 9.93. The average Bonchev–Trinajstić information content (AvgIpc) is 2.49. The zero-order valence-corrected chi connectivity index (χ0v) is 9.67. The van der Waals surface area contributed by atoms with E-state index in [0.717, 1.165) is 17.7 Å². The van der Waals surface area contributed by atoms with Crippen LogP contribution in [-0.2, 0) is 11.2 Å². The summed E-state index contributed by atoms with van der Waals surface area (Å²) in [6.45, 7) is 0. The third-order valence-electron chi connectivity index (χ3n) is 3.00. The minimum Gasteiger partial charge on any atom is -0.607 e. The van der Waals surface area contributed by atoms with Gasteiger partial charge in [-0.1, -0.05) is 30.3 Å². The fraction of sp³-hybridized carbons (Fsp3) is 0.143. The van der Waals surface area contributed by atoms with E-state index in [1.807, 2.05) is 24.3 Å². The molecule has 1 aliphatic carbocycles. The van der Waals surface area contributed by atoms with E-state index in [4.69, 9.17) is 0 Å². The van der Waals surface area contributed by atoms with E-state index in [1.54, 1.807) is 5.41 Å². The second-order valence-corrected chi connectivity index (χ2v) is 5.28. The fourth-order valence-electron chi connectivity index (χ4n) is 2.22. The molecule has 1 aliphatic heterocycles. The first-order chi connectivity index (χ1) is 7.86. The molecule has 1 unspecified atom stereocenters. The van der Waals surface area contributed by atoms with Gasteiger partial charge in [0.1, 0.15) is 5.41 Å². The van der Waals surface area contributed by atoms with Gasteiger partial charge >= 0.3 is 0 Å². The summed E-state index contributed by atoms with van der Waals surface area (Å²) in [5.41, 5.74) is 3.67. The zero-order chi connectivity index (χ0) is 11.0. The minimum absolute atomic E-state index is 0.979. The van der Waals surface area contributed by atoms with Gasteiger partial charge in [-0.25, -0.2) is 0 Å². The lowest BCUT2D eigenvalue weighted by molar-refractivity contribution is 0.610. The van der Waals surface area contributed by atoms with Crippen molar-refractivity contribution in [2.75, 3.05) is 0 Å². The van der Waals surface area contributed by atoms with Crippen molar-refractivity contribution in [1.82, 2.24) is 0 Å². The molecule has 0 aromatic heterocycles. The quantitative estimate of drug-likeness (QED) is 0.623. The molecule has 1 aromatic rings. The van der Waals surface area contributed by atoms with Gasteiger partial charge in [0, 0.05) is 16.7 Å². The van der Waals surface area contributed by atoms with Crippen molar-refractivity contribution in [2.45, 2.75) is 12.8 Å². The molecule has 2 aliphatic rings. The molecule has 0 fully saturated rings. The highest BCUT2D eigenvalue weighted by Crippen LogP contribution is 2.36. The van der Waals surface area contributed by atoms with Crippen molar-refractivity contribution < 1.29 is 4.55 Å². The predicted octanol–water partition coefficient (Wildman–Crippen LogP) is 3.48. The largest absolute Gasteiger partial charge is 0.607 e. The molecule has 0 spiro atoms. The van der Waals surface area contributed by atoms with E-state index in [2.05, 4.69) is 18.2 Å². The topological polar surface area (TPSA) is 23.1 Å². The molecule has 1 heterocycles. The Kier molecular flexibility index (Phi) is 2.46. The molecule has 0 radical (unpaired) electrons. The Bertz CT molecular complexity index is 511. The number of fused-ring (bicyclic) bond motifs is 2. The molecule has 0 bridgehead atoms. The smallest absolute Gasteiger partial charge is 0.161 e. The van der Waals surface area contributed by atoms with Gasteiger partial charge in [0.2, 0.25) is 0 Å². The average molecular weight is 228 g/mol. The van der Waals surface area contributed by atoms with Crippen LogP contribution in [0.4, 0.5) is 0 Å². The third-order valence-corrected chi connectivity index (χ3v) is 4.20. The Morgan fingerprint density at radius 2 is 2.00 bits per heavy atom. The second-order valence-electron chi connectivity index (χ2n) is 3.97. The first-order valence-electron chi connectivity index (χ1n) is 5.44. The molecule has 1 nitrogen and oxygen atoms in total. The van der Waals surface area contributed by atoms with Crippen molar-refractivity contribution in [3.63, 3.8) is 0 Å². The van der Waals surface area contributed by atoms with E-state index in [0.29, 0.717) is 0 Å². The monoisotopic (exact) mass is 228 g/mol. The zero-order valence-electron chi connectivity index (χ0n) is 8.85. The van der Waals surface area contributed by atoms with Gasteiger partial charge in [-0.3, -0.25) is 0 Å². The fourth-order valence-corrected chi connectivity index (χ4v) is 3.33. The summed E-state index contributed by atoms with van der Waals surface area (Å²) >= 11 is -0.988. The highest BCUT2D eigenvalue weighted by molar-refractivity contribution is 7.98. The molecular formula is C14H12OS. The van der Waals surface area contributed by atoms with Gasteiger partial charge in [0.15, 0.2) is 4.91 Å². The lowest BCUT2D eigenvalue weighted by Crippen LogP contribution is -2.03. The summed E-state index contributed by atoms with van der Waals surface area (Å²) in [5, 5.41) is 1.79. The summed E-state index contributed by atoms with van der Waals surface area (Å²) in [6, 6.07) is 8.27. The molecule has 16 heavy (non-hydrogen) atoms. The predicted molar refractivity (Wildman–Crippen MR) is 68.9 cm³/mol. The molecule has 0 N–H and O–H groups in total. The van der Waals surface area contributed by atoms with Gasteiger partial charge in [0.25, 0.3) is 0 Å². The van der Waals surface area contributed by atoms with Crippen LogP contribution in [0.5, 0.6) is 0 Å². The van der Waals surface area contributed by atoms with Gasteiger partial charge in [-0.15, -0.1) is 0 Å². The van der Waals surface area contributed by atoms with Crippen LogP contribution in [0.2, 0.25) is 0 Å². The molecular weight excluding hydrogens is 216 g/mol. The highest BCUT2D eigenvalue weighted by atomic mass is 32.2. The number of allylic oxidation sites excluding steroid dienone is 3. The van der Waals surface area contributed by atoms with Crippen LogP contribution >= 0.6 is 0 Å². The van der Waals surface area contributed by atoms with Crippen LogP contribution in [0.1, 0.15) is 24.0 Å². The van der Waals surface area contributed by atoms with Crippen molar-refractivity contribution in [3.05, 3.63) is 57.9 Å². The standard InChI is InChI=1S/C14H12OS/c15-16-10-9-11-5-1-2-6-12(11)13-7-3-4-8-14(13)16/h1-2,4-6,8-10H,3,7H2. The van der Waals surface area contributed by atoms with E-state index in [1.165, 1.54) is 16.7 Å². The summed E-state index contributed by atoms with van der Waals surface area (Å²) in [7, 11) is 0. The van der Waals surface area contributed by atoms with Crippen molar-refractivity contribution in [1.29, 1.82) is 0 Å². The van der Waals surface area contributed by atoms with E-state index >= 15 is 0 Å². The SMILES string of the molecule is [O-][S+]1C=Cc2ccccc2C2=C1C=CCC2. The maximum Gasteiger partial charge on any atom is 0.161 e. The molecule has 3 rings (SSSR count). The van der Waals surface area contributed by atoms with E-state index in [-0.39, 0.29) is 0 Å². The number of rotatable bonds is 0. The highest BCUT2D eigenvalue weighted by Gasteiger charge is 2.23. The van der Waals surface area contributed by atoms with Crippen molar-refractivity contribution in [3.8, 4) is 0 Å². The Hall–Kier alpha value is -1.25. The minimum atomic E-state index is -0.988. The number of hydrogen-bond donors (Lipinski definition) is 0. The van der Waals surface area contributed by atoms with E-state index < -0.39 is 11.2 Å². The lowest BCUT2D eigenvalue weighted by Gasteiger charge is -2.15. The van der Waals surface area contributed by atoms with Crippen LogP contribution in [-0.4, -0.2) is 4.55 Å². The third kappa shape index (κ3) is 1.55. The van der Waals surface area contributed by atoms with Crippen LogP contribution in [0.3, 0.4) is 0 Å². The summed E-state index contributed by atoms with van der Waals surface area (Å²) in [5.74, 6) is 0. The van der Waals surface area contributed by atoms with Crippen LogP contribution in [0.15, 0.2) is 46.7 Å². The molecule has 2 heteroatoms. The normalized spacial score (nSPS) is 22.7. The van der Waals surface area contributed by atoms with Crippen molar-refractivity contribution >= 4 is 22.8 Å². The van der Waals surface area contributed by atoms with Gasteiger partial charge in [0.05, 0.1) is 0 Å².